The molecule has 1 aromatic carbocycles. The maximum Gasteiger partial charge on any atom is 0.335 e. The molecule has 0 amide bonds. The number of ether oxygens (including phenoxy) is 1. The fourth-order valence-electron chi connectivity index (χ4n) is 1.83. The van der Waals surface area contributed by atoms with Crippen LogP contribution in [0.25, 0.3) is 0 Å². The molecule has 0 unspecified atom stereocenters. The highest BCUT2D eigenvalue weighted by molar-refractivity contribution is 7.90. The van der Waals surface area contributed by atoms with Gasteiger partial charge in [-0.3, -0.25) is 4.98 Å². The van der Waals surface area contributed by atoms with Crippen molar-refractivity contribution in [1.29, 1.82) is 0 Å². The summed E-state index contributed by atoms with van der Waals surface area (Å²) in [5.41, 5.74) is 0.455. The lowest BCUT2D eigenvalue weighted by Crippen LogP contribution is -2.09. The highest BCUT2D eigenvalue weighted by Crippen LogP contribution is 2.27. The SMILES string of the molecule is COc1ccc(C(=O)O)cc1S(=O)(=O)Cc1ccncc1. The predicted molar refractivity (Wildman–Crippen MR) is 75.1 cm³/mol. The molecule has 0 fully saturated rings. The highest BCUT2D eigenvalue weighted by Gasteiger charge is 2.22. The summed E-state index contributed by atoms with van der Waals surface area (Å²) < 4.78 is 29.9. The van der Waals surface area contributed by atoms with E-state index in [9.17, 15) is 13.2 Å². The number of carboxylic acid groups (broad SMARTS) is 1. The van der Waals surface area contributed by atoms with E-state index in [1.165, 1.54) is 31.6 Å². The van der Waals surface area contributed by atoms with E-state index < -0.39 is 15.8 Å². The molecule has 0 atom stereocenters. The molecule has 0 saturated heterocycles. The van der Waals surface area contributed by atoms with E-state index in [2.05, 4.69) is 4.98 Å². The molecule has 0 bridgehead atoms. The van der Waals surface area contributed by atoms with Crippen molar-refractivity contribution in [2.24, 2.45) is 0 Å². The van der Waals surface area contributed by atoms with E-state index in [1.54, 1.807) is 12.1 Å². The highest BCUT2D eigenvalue weighted by atomic mass is 32.2. The smallest absolute Gasteiger partial charge is 0.335 e. The van der Waals surface area contributed by atoms with Crippen LogP contribution >= 0.6 is 0 Å². The van der Waals surface area contributed by atoms with Gasteiger partial charge in [0.05, 0.1) is 18.4 Å². The summed E-state index contributed by atoms with van der Waals surface area (Å²) in [6, 6.07) is 6.92. The van der Waals surface area contributed by atoms with E-state index in [4.69, 9.17) is 9.84 Å². The monoisotopic (exact) mass is 307 g/mol. The zero-order valence-electron chi connectivity index (χ0n) is 11.2. The first-order chi connectivity index (χ1) is 9.94. The molecule has 6 nitrogen and oxygen atoms in total. The fraction of sp³-hybridized carbons (Fsp3) is 0.143. The van der Waals surface area contributed by atoms with E-state index in [-0.39, 0.29) is 22.0 Å². The van der Waals surface area contributed by atoms with Gasteiger partial charge in [0.2, 0.25) is 0 Å². The first kappa shape index (κ1) is 15.0. The maximum absolute atomic E-state index is 12.5. The summed E-state index contributed by atoms with van der Waals surface area (Å²) in [7, 11) is -2.39. The largest absolute Gasteiger partial charge is 0.495 e. The van der Waals surface area contributed by atoms with Gasteiger partial charge in [-0.25, -0.2) is 13.2 Å². The van der Waals surface area contributed by atoms with Crippen LogP contribution in [0.4, 0.5) is 0 Å². The van der Waals surface area contributed by atoms with Gasteiger partial charge < -0.3 is 9.84 Å². The molecule has 7 heteroatoms. The average Bonchev–Trinajstić information content (AvgIpc) is 2.47. The predicted octanol–water partition coefficient (Wildman–Crippen LogP) is 1.76. The van der Waals surface area contributed by atoms with Crippen molar-refractivity contribution in [2.75, 3.05) is 7.11 Å². The minimum absolute atomic E-state index is 0.107. The van der Waals surface area contributed by atoms with Gasteiger partial charge in [0.15, 0.2) is 9.84 Å². The van der Waals surface area contributed by atoms with Crippen LogP contribution in [0, 0.1) is 0 Å². The number of nitrogens with zero attached hydrogens (tertiary/aromatic N) is 1. The minimum atomic E-state index is -3.73. The summed E-state index contributed by atoms with van der Waals surface area (Å²) in [5.74, 6) is -1.33. The summed E-state index contributed by atoms with van der Waals surface area (Å²) in [6.07, 6.45) is 2.99. The Morgan fingerprint density at radius 1 is 1.24 bits per heavy atom. The molecule has 0 aliphatic heterocycles. The zero-order chi connectivity index (χ0) is 15.5. The number of benzene rings is 1. The second-order valence-corrected chi connectivity index (χ2v) is 6.24. The van der Waals surface area contributed by atoms with Crippen molar-refractivity contribution in [2.45, 2.75) is 10.6 Å². The third-order valence-corrected chi connectivity index (χ3v) is 4.55. The van der Waals surface area contributed by atoms with E-state index in [0.717, 1.165) is 6.07 Å². The Morgan fingerprint density at radius 3 is 2.48 bits per heavy atom. The van der Waals surface area contributed by atoms with Gasteiger partial charge in [0.25, 0.3) is 0 Å². The lowest BCUT2D eigenvalue weighted by Gasteiger charge is -2.10. The van der Waals surface area contributed by atoms with Crippen molar-refractivity contribution < 1.29 is 23.1 Å². The Morgan fingerprint density at radius 2 is 1.90 bits per heavy atom. The van der Waals surface area contributed by atoms with E-state index in [0.29, 0.717) is 5.56 Å². The second-order valence-electron chi connectivity index (χ2n) is 4.29. The van der Waals surface area contributed by atoms with Crippen molar-refractivity contribution in [3.8, 4) is 5.75 Å². The minimum Gasteiger partial charge on any atom is -0.495 e. The normalized spacial score (nSPS) is 11.1. The van der Waals surface area contributed by atoms with Crippen LogP contribution in [0.1, 0.15) is 15.9 Å². The first-order valence-corrected chi connectivity index (χ1v) is 7.62. The average molecular weight is 307 g/mol. The van der Waals surface area contributed by atoms with Crippen LogP contribution in [0.5, 0.6) is 5.75 Å². The Kier molecular flexibility index (Phi) is 4.23. The van der Waals surface area contributed by atoms with E-state index >= 15 is 0 Å². The van der Waals surface area contributed by atoms with Crippen LogP contribution in [0.3, 0.4) is 0 Å². The van der Waals surface area contributed by atoms with Gasteiger partial charge in [0, 0.05) is 12.4 Å². The number of sulfone groups is 1. The molecule has 1 aromatic heterocycles. The Labute approximate surface area is 121 Å². The van der Waals surface area contributed by atoms with Crippen molar-refractivity contribution in [3.63, 3.8) is 0 Å². The summed E-state index contributed by atoms with van der Waals surface area (Å²) >= 11 is 0. The Bertz CT molecular complexity index is 756. The van der Waals surface area contributed by atoms with Crippen LogP contribution < -0.4 is 4.74 Å². The van der Waals surface area contributed by atoms with Gasteiger partial charge in [-0.15, -0.1) is 0 Å². The van der Waals surface area contributed by atoms with Gasteiger partial charge in [0.1, 0.15) is 10.6 Å². The summed E-state index contributed by atoms with van der Waals surface area (Å²) in [6.45, 7) is 0. The van der Waals surface area contributed by atoms with Gasteiger partial charge in [-0.1, -0.05) is 0 Å². The van der Waals surface area contributed by atoms with E-state index in [1.807, 2.05) is 0 Å². The number of rotatable bonds is 5. The van der Waals surface area contributed by atoms with Crippen molar-refractivity contribution in [1.82, 2.24) is 4.98 Å². The molecule has 2 rings (SSSR count). The number of methoxy groups -OCH3 is 1. The van der Waals surface area contributed by atoms with Crippen LogP contribution in [-0.2, 0) is 15.6 Å². The Balaban J connectivity index is 2.48. The molecular formula is C14H13NO5S. The lowest BCUT2D eigenvalue weighted by molar-refractivity contribution is 0.0696. The van der Waals surface area contributed by atoms with Gasteiger partial charge in [-0.05, 0) is 35.9 Å². The number of carboxylic acids is 1. The molecule has 0 saturated carbocycles. The maximum atomic E-state index is 12.5. The quantitative estimate of drug-likeness (QED) is 0.904. The molecule has 1 heterocycles. The third kappa shape index (κ3) is 3.38. The van der Waals surface area contributed by atoms with Crippen LogP contribution in [-0.4, -0.2) is 31.6 Å². The summed E-state index contributed by atoms with van der Waals surface area (Å²) in [5, 5.41) is 8.98. The topological polar surface area (TPSA) is 93.6 Å². The number of carbonyl (C=O) groups is 1. The molecule has 1 N–H and O–H groups in total. The zero-order valence-corrected chi connectivity index (χ0v) is 12.0. The molecule has 21 heavy (non-hydrogen) atoms. The molecule has 2 aromatic rings. The first-order valence-electron chi connectivity index (χ1n) is 5.97. The number of aromatic carboxylic acids is 1. The molecular weight excluding hydrogens is 294 g/mol. The number of hydrogen-bond acceptors (Lipinski definition) is 5. The second kappa shape index (κ2) is 5.92. The van der Waals surface area contributed by atoms with Crippen molar-refractivity contribution >= 4 is 15.8 Å². The fourth-order valence-corrected chi connectivity index (χ4v) is 3.38. The molecule has 0 radical (unpaired) electrons. The molecule has 0 aliphatic rings. The van der Waals surface area contributed by atoms with Crippen LogP contribution in [0.2, 0.25) is 0 Å². The van der Waals surface area contributed by atoms with Gasteiger partial charge >= 0.3 is 5.97 Å². The molecule has 110 valence electrons. The number of pyridine rings is 1. The van der Waals surface area contributed by atoms with Crippen molar-refractivity contribution in [3.05, 3.63) is 53.9 Å². The van der Waals surface area contributed by atoms with Crippen LogP contribution in [0.15, 0.2) is 47.6 Å². The Hall–Kier alpha value is -2.41. The lowest BCUT2D eigenvalue weighted by atomic mass is 10.2. The molecule has 0 spiro atoms. The van der Waals surface area contributed by atoms with Gasteiger partial charge in [-0.2, -0.15) is 0 Å². The summed E-state index contributed by atoms with van der Waals surface area (Å²) in [4.78, 5) is 14.7. The number of aromatic nitrogens is 1. The standard InChI is InChI=1S/C14H13NO5S/c1-20-12-3-2-11(14(16)17)8-13(12)21(18,19)9-10-4-6-15-7-5-10/h2-8H,9H2,1H3,(H,16,17). The third-order valence-electron chi connectivity index (χ3n) is 2.85. The number of hydrogen-bond donors (Lipinski definition) is 1. The molecule has 0 aliphatic carbocycles.